The van der Waals surface area contributed by atoms with Gasteiger partial charge in [0.25, 0.3) is 0 Å². The van der Waals surface area contributed by atoms with E-state index in [4.69, 9.17) is 9.47 Å². The second-order valence-corrected chi connectivity index (χ2v) is 3.32. The lowest BCUT2D eigenvalue weighted by atomic mass is 10.4. The van der Waals surface area contributed by atoms with Crippen molar-refractivity contribution in [3.05, 3.63) is 0 Å². The van der Waals surface area contributed by atoms with E-state index >= 15 is 0 Å². The molecule has 0 heterocycles. The van der Waals surface area contributed by atoms with E-state index in [1.165, 1.54) is 0 Å². The van der Waals surface area contributed by atoms with Crippen LogP contribution in [-0.4, -0.2) is 53.0 Å². The second kappa shape index (κ2) is 15.9. The Balaban J connectivity index is 0. The Labute approximate surface area is 122 Å². The van der Waals surface area contributed by atoms with Crippen LogP contribution in [0.25, 0.3) is 0 Å². The van der Waals surface area contributed by atoms with E-state index in [0.717, 1.165) is 51.7 Å². The average molecular weight is 359 g/mol. The zero-order valence-electron chi connectivity index (χ0n) is 11.1. The smallest absolute Gasteiger partial charge is 0.190 e. The third-order valence-electron chi connectivity index (χ3n) is 2.00. The van der Waals surface area contributed by atoms with Crippen LogP contribution in [0.5, 0.6) is 0 Å². The molecule has 0 rings (SSSR count). The summed E-state index contributed by atoms with van der Waals surface area (Å²) in [5.41, 5.74) is 0. The lowest BCUT2D eigenvalue weighted by Crippen LogP contribution is -2.38. The summed E-state index contributed by atoms with van der Waals surface area (Å²) >= 11 is 0. The minimum absolute atomic E-state index is 0. The number of aliphatic imine (C=N–C) groups is 1. The lowest BCUT2D eigenvalue weighted by molar-refractivity contribution is 0.145. The van der Waals surface area contributed by atoms with Crippen LogP contribution in [0.15, 0.2) is 4.99 Å². The van der Waals surface area contributed by atoms with Gasteiger partial charge in [0.2, 0.25) is 0 Å². The van der Waals surface area contributed by atoms with Crippen LogP contribution < -0.4 is 10.6 Å². The molecule has 0 aliphatic carbocycles. The van der Waals surface area contributed by atoms with E-state index < -0.39 is 0 Å². The molecule has 0 aromatic heterocycles. The highest BCUT2D eigenvalue weighted by Crippen LogP contribution is 1.81. The van der Waals surface area contributed by atoms with Crippen LogP contribution in [-0.2, 0) is 9.47 Å². The molecule has 2 N–H and O–H groups in total. The molecule has 0 unspecified atom stereocenters. The molecule has 17 heavy (non-hydrogen) atoms. The van der Waals surface area contributed by atoms with Crippen molar-refractivity contribution in [1.29, 1.82) is 0 Å². The Hall–Kier alpha value is -0.0800. The fourth-order valence-corrected chi connectivity index (χ4v) is 1.17. The number of hydrogen-bond donors (Lipinski definition) is 2. The monoisotopic (exact) mass is 359 g/mol. The molecule has 0 bridgehead atoms. The van der Waals surface area contributed by atoms with Gasteiger partial charge in [0.1, 0.15) is 0 Å². The number of halogens is 1. The predicted molar refractivity (Wildman–Crippen MR) is 82.4 cm³/mol. The minimum atomic E-state index is 0. The number of ether oxygens (including phenoxy) is 2. The van der Waals surface area contributed by atoms with Gasteiger partial charge in [0.05, 0.1) is 0 Å². The van der Waals surface area contributed by atoms with Crippen molar-refractivity contribution in [3.8, 4) is 0 Å². The topological polar surface area (TPSA) is 54.9 Å². The highest BCUT2D eigenvalue weighted by molar-refractivity contribution is 14.0. The molecule has 0 saturated heterocycles. The molecule has 0 atom stereocenters. The Morgan fingerprint density at radius 3 is 2.18 bits per heavy atom. The summed E-state index contributed by atoms with van der Waals surface area (Å²) in [7, 11) is 3.48. The van der Waals surface area contributed by atoms with Gasteiger partial charge in [-0.3, -0.25) is 4.99 Å². The third kappa shape index (κ3) is 13.9. The van der Waals surface area contributed by atoms with Crippen LogP contribution in [0.2, 0.25) is 0 Å². The van der Waals surface area contributed by atoms with Gasteiger partial charge >= 0.3 is 0 Å². The van der Waals surface area contributed by atoms with E-state index in [1.54, 1.807) is 14.2 Å². The molecular formula is C11H26IN3O2. The number of nitrogens with one attached hydrogen (secondary N) is 2. The molecule has 0 radical (unpaired) electrons. The Morgan fingerprint density at radius 2 is 1.71 bits per heavy atom. The second-order valence-electron chi connectivity index (χ2n) is 3.32. The minimum Gasteiger partial charge on any atom is -0.385 e. The maximum Gasteiger partial charge on any atom is 0.190 e. The summed E-state index contributed by atoms with van der Waals surface area (Å²) in [5.74, 6) is 0.840. The molecule has 0 aromatic rings. The van der Waals surface area contributed by atoms with Crippen LogP contribution in [0.3, 0.4) is 0 Å². The summed E-state index contributed by atoms with van der Waals surface area (Å²) in [4.78, 5) is 4.12. The summed E-state index contributed by atoms with van der Waals surface area (Å²) in [6, 6.07) is 0. The van der Waals surface area contributed by atoms with Crippen molar-refractivity contribution < 1.29 is 9.47 Å². The Bertz CT molecular complexity index is 180. The van der Waals surface area contributed by atoms with Gasteiger partial charge in [-0.25, -0.2) is 0 Å². The third-order valence-corrected chi connectivity index (χ3v) is 2.00. The van der Waals surface area contributed by atoms with Crippen LogP contribution in [0.1, 0.15) is 19.8 Å². The first kappa shape index (κ1) is 19.3. The molecular weight excluding hydrogens is 333 g/mol. The van der Waals surface area contributed by atoms with Gasteiger partial charge in [-0.05, 0) is 19.8 Å². The van der Waals surface area contributed by atoms with Crippen LogP contribution in [0, 0.1) is 0 Å². The Kier molecular flexibility index (Phi) is 18.0. The molecule has 0 fully saturated rings. The normalized spacial score (nSPS) is 10.9. The molecule has 0 aliphatic rings. The van der Waals surface area contributed by atoms with Crippen molar-refractivity contribution in [2.24, 2.45) is 4.99 Å². The van der Waals surface area contributed by atoms with Crippen molar-refractivity contribution in [2.45, 2.75) is 19.8 Å². The number of guanidine groups is 1. The van der Waals surface area contributed by atoms with Gasteiger partial charge in [-0.15, -0.1) is 24.0 Å². The summed E-state index contributed by atoms with van der Waals surface area (Å²) in [5, 5.41) is 6.44. The standard InChI is InChI=1S/C11H25N3O2.HI/c1-4-16-10-6-8-14-11(12-2)13-7-5-9-15-3;/h4-10H2,1-3H3,(H2,12,13,14);1H. The van der Waals surface area contributed by atoms with Crippen LogP contribution >= 0.6 is 24.0 Å². The highest BCUT2D eigenvalue weighted by Gasteiger charge is 1.95. The Morgan fingerprint density at radius 1 is 1.12 bits per heavy atom. The van der Waals surface area contributed by atoms with Crippen molar-refractivity contribution in [2.75, 3.05) is 47.1 Å². The van der Waals surface area contributed by atoms with Gasteiger partial charge < -0.3 is 20.1 Å². The van der Waals surface area contributed by atoms with Gasteiger partial charge in [0, 0.05) is 47.1 Å². The zero-order valence-corrected chi connectivity index (χ0v) is 13.5. The molecule has 0 aliphatic heterocycles. The van der Waals surface area contributed by atoms with E-state index in [-0.39, 0.29) is 24.0 Å². The fraction of sp³-hybridized carbons (Fsp3) is 0.909. The number of rotatable bonds is 9. The quantitative estimate of drug-likeness (QED) is 0.282. The van der Waals surface area contributed by atoms with E-state index in [0.29, 0.717) is 0 Å². The van der Waals surface area contributed by atoms with Gasteiger partial charge in [-0.2, -0.15) is 0 Å². The van der Waals surface area contributed by atoms with E-state index in [2.05, 4.69) is 15.6 Å². The van der Waals surface area contributed by atoms with Gasteiger partial charge in [-0.1, -0.05) is 0 Å². The maximum absolute atomic E-state index is 5.25. The summed E-state index contributed by atoms with van der Waals surface area (Å²) < 4.78 is 10.2. The van der Waals surface area contributed by atoms with E-state index in [9.17, 15) is 0 Å². The molecule has 0 saturated carbocycles. The van der Waals surface area contributed by atoms with E-state index in [1.807, 2.05) is 6.92 Å². The molecule has 104 valence electrons. The first-order chi connectivity index (χ1) is 7.85. The zero-order chi connectivity index (χ0) is 12.1. The highest BCUT2D eigenvalue weighted by atomic mass is 127. The molecule has 0 aromatic carbocycles. The molecule has 0 spiro atoms. The molecule has 0 amide bonds. The largest absolute Gasteiger partial charge is 0.385 e. The first-order valence-electron chi connectivity index (χ1n) is 5.86. The number of methoxy groups -OCH3 is 1. The summed E-state index contributed by atoms with van der Waals surface area (Å²) in [6.45, 7) is 6.11. The van der Waals surface area contributed by atoms with Crippen LogP contribution in [0.4, 0.5) is 0 Å². The van der Waals surface area contributed by atoms with Gasteiger partial charge in [0.15, 0.2) is 5.96 Å². The first-order valence-corrected chi connectivity index (χ1v) is 5.86. The predicted octanol–water partition coefficient (Wildman–Crippen LogP) is 1.23. The number of hydrogen-bond acceptors (Lipinski definition) is 3. The van der Waals surface area contributed by atoms with Crippen molar-refractivity contribution >= 4 is 29.9 Å². The maximum atomic E-state index is 5.25. The lowest BCUT2D eigenvalue weighted by Gasteiger charge is -2.11. The SMILES string of the molecule is CCOCCCNC(=NC)NCCCOC.I. The number of nitrogens with zero attached hydrogens (tertiary/aromatic N) is 1. The molecule has 6 heteroatoms. The average Bonchev–Trinajstić information content (AvgIpc) is 2.31. The summed E-state index contributed by atoms with van der Waals surface area (Å²) in [6.07, 6.45) is 1.97. The van der Waals surface area contributed by atoms with Crippen molar-refractivity contribution in [3.63, 3.8) is 0 Å². The van der Waals surface area contributed by atoms with Crippen molar-refractivity contribution in [1.82, 2.24) is 10.6 Å². The fourth-order valence-electron chi connectivity index (χ4n) is 1.17. The molecule has 5 nitrogen and oxygen atoms in total.